The van der Waals surface area contributed by atoms with Crippen molar-refractivity contribution in [3.8, 4) is 11.5 Å². The van der Waals surface area contributed by atoms with Crippen molar-refractivity contribution in [2.45, 2.75) is 40.5 Å². The number of rotatable bonds is 8. The van der Waals surface area contributed by atoms with Crippen molar-refractivity contribution in [3.63, 3.8) is 0 Å². The summed E-state index contributed by atoms with van der Waals surface area (Å²) < 4.78 is 15.8. The number of esters is 2. The Morgan fingerprint density at radius 1 is 1.09 bits per heavy atom. The first-order valence-electron chi connectivity index (χ1n) is 7.93. The highest BCUT2D eigenvalue weighted by atomic mass is 16.6. The number of hydrogen-bond donors (Lipinski definition) is 0. The maximum atomic E-state index is 12.6. The molecule has 5 nitrogen and oxygen atoms in total. The quantitative estimate of drug-likeness (QED) is 0.416. The largest absolute Gasteiger partial charge is 0.497 e. The summed E-state index contributed by atoms with van der Waals surface area (Å²) in [6.45, 7) is 7.75. The van der Waals surface area contributed by atoms with Gasteiger partial charge in [0.25, 0.3) is 0 Å². The summed E-state index contributed by atoms with van der Waals surface area (Å²) in [5, 5.41) is 0. The molecule has 0 aromatic heterocycles. The van der Waals surface area contributed by atoms with E-state index < -0.39 is 17.4 Å². The van der Waals surface area contributed by atoms with E-state index in [4.69, 9.17) is 14.2 Å². The zero-order valence-corrected chi connectivity index (χ0v) is 14.5. The van der Waals surface area contributed by atoms with Crippen molar-refractivity contribution >= 4 is 11.9 Å². The third-order valence-corrected chi connectivity index (χ3v) is 3.79. The highest BCUT2D eigenvalue weighted by Crippen LogP contribution is 2.31. The van der Waals surface area contributed by atoms with Crippen molar-refractivity contribution in [1.29, 1.82) is 0 Å². The number of methoxy groups -OCH3 is 1. The van der Waals surface area contributed by atoms with Gasteiger partial charge in [-0.15, -0.1) is 0 Å². The Balaban J connectivity index is 2.94. The molecule has 0 aliphatic carbocycles. The first-order valence-corrected chi connectivity index (χ1v) is 7.93. The lowest BCUT2D eigenvalue weighted by Gasteiger charge is -2.27. The molecule has 0 saturated carbocycles. The predicted octanol–water partition coefficient (Wildman–Crippen LogP) is 3.61. The predicted molar refractivity (Wildman–Crippen MR) is 87.4 cm³/mol. The lowest BCUT2D eigenvalue weighted by Crippen LogP contribution is -2.43. The summed E-state index contributed by atoms with van der Waals surface area (Å²) in [5.41, 5.74) is -1.28. The molecule has 0 atom stereocenters. The molecule has 5 heteroatoms. The van der Waals surface area contributed by atoms with Crippen LogP contribution in [0.2, 0.25) is 0 Å². The SMILES string of the molecule is CCC(CC)(C(=O)OCC(C)C)C(=O)Oc1cccc(OC)c1. The Hall–Kier alpha value is -2.04. The Kier molecular flexibility index (Phi) is 7.07. The van der Waals surface area contributed by atoms with Gasteiger partial charge in [-0.25, -0.2) is 0 Å². The molecule has 0 fully saturated rings. The van der Waals surface area contributed by atoms with E-state index in [0.29, 0.717) is 24.3 Å². The molecule has 0 N–H and O–H groups in total. The summed E-state index contributed by atoms with van der Waals surface area (Å²) in [6.07, 6.45) is 0.645. The van der Waals surface area contributed by atoms with Gasteiger partial charge < -0.3 is 14.2 Å². The third-order valence-electron chi connectivity index (χ3n) is 3.79. The number of hydrogen-bond acceptors (Lipinski definition) is 5. The smallest absolute Gasteiger partial charge is 0.328 e. The summed E-state index contributed by atoms with van der Waals surface area (Å²) in [4.78, 5) is 25.1. The summed E-state index contributed by atoms with van der Waals surface area (Å²) in [5.74, 6) is 0.0157. The first kappa shape index (κ1) is 19.0. The average Bonchev–Trinajstić information content (AvgIpc) is 2.54. The third kappa shape index (κ3) is 4.71. The second-order valence-electron chi connectivity index (χ2n) is 5.85. The minimum atomic E-state index is -1.28. The van der Waals surface area contributed by atoms with Crippen molar-refractivity contribution < 1.29 is 23.8 Å². The Bertz CT molecular complexity index is 532. The highest BCUT2D eigenvalue weighted by Gasteiger charge is 2.46. The lowest BCUT2D eigenvalue weighted by molar-refractivity contribution is -0.168. The van der Waals surface area contributed by atoms with Gasteiger partial charge in [-0.2, -0.15) is 0 Å². The fraction of sp³-hybridized carbons (Fsp3) is 0.556. The molecule has 0 aliphatic rings. The normalized spacial score (nSPS) is 11.2. The maximum absolute atomic E-state index is 12.6. The van der Waals surface area contributed by atoms with Gasteiger partial charge in [0, 0.05) is 6.07 Å². The minimum Gasteiger partial charge on any atom is -0.497 e. The monoisotopic (exact) mass is 322 g/mol. The molecule has 1 rings (SSSR count). The van der Waals surface area contributed by atoms with Gasteiger partial charge in [0.15, 0.2) is 5.41 Å². The lowest BCUT2D eigenvalue weighted by atomic mass is 9.82. The maximum Gasteiger partial charge on any atom is 0.328 e. The van der Waals surface area contributed by atoms with E-state index >= 15 is 0 Å². The number of carbonyl (C=O) groups excluding carboxylic acids is 2. The van der Waals surface area contributed by atoms with Crippen LogP contribution in [-0.4, -0.2) is 25.7 Å². The molecular formula is C18H26O5. The average molecular weight is 322 g/mol. The van der Waals surface area contributed by atoms with E-state index in [0.717, 1.165) is 0 Å². The topological polar surface area (TPSA) is 61.8 Å². The molecule has 0 unspecified atom stereocenters. The second-order valence-corrected chi connectivity index (χ2v) is 5.85. The summed E-state index contributed by atoms with van der Waals surface area (Å²) >= 11 is 0. The van der Waals surface area contributed by atoms with Crippen molar-refractivity contribution in [1.82, 2.24) is 0 Å². The van der Waals surface area contributed by atoms with Crippen molar-refractivity contribution in [2.24, 2.45) is 11.3 Å². The van der Waals surface area contributed by atoms with E-state index in [-0.39, 0.29) is 12.5 Å². The summed E-state index contributed by atoms with van der Waals surface area (Å²) in [7, 11) is 1.53. The van der Waals surface area contributed by atoms with E-state index in [1.807, 2.05) is 13.8 Å². The molecule has 23 heavy (non-hydrogen) atoms. The van der Waals surface area contributed by atoms with Crippen molar-refractivity contribution in [3.05, 3.63) is 24.3 Å². The Morgan fingerprint density at radius 2 is 1.70 bits per heavy atom. The van der Waals surface area contributed by atoms with Crippen molar-refractivity contribution in [2.75, 3.05) is 13.7 Å². The molecule has 1 aromatic carbocycles. The van der Waals surface area contributed by atoms with Crippen LogP contribution in [0.5, 0.6) is 11.5 Å². The van der Waals surface area contributed by atoms with Crippen LogP contribution in [0.3, 0.4) is 0 Å². The Labute approximate surface area is 137 Å². The number of ether oxygens (including phenoxy) is 3. The van der Waals surface area contributed by atoms with E-state index in [9.17, 15) is 9.59 Å². The van der Waals surface area contributed by atoms with Crippen LogP contribution in [0.15, 0.2) is 24.3 Å². The molecule has 0 spiro atoms. The van der Waals surface area contributed by atoms with Crippen LogP contribution in [0.1, 0.15) is 40.5 Å². The van der Waals surface area contributed by atoms with Crippen LogP contribution >= 0.6 is 0 Å². The standard InChI is InChI=1S/C18H26O5/c1-6-18(7-2,16(19)22-12-13(3)4)17(20)23-15-10-8-9-14(11-15)21-5/h8-11,13H,6-7,12H2,1-5H3. The molecule has 1 aromatic rings. The first-order chi connectivity index (χ1) is 10.9. The van der Waals surface area contributed by atoms with Crippen LogP contribution < -0.4 is 9.47 Å². The van der Waals surface area contributed by atoms with Gasteiger partial charge in [-0.3, -0.25) is 9.59 Å². The highest BCUT2D eigenvalue weighted by molar-refractivity contribution is 6.00. The molecule has 0 radical (unpaired) electrons. The molecule has 0 aliphatic heterocycles. The molecular weight excluding hydrogens is 296 g/mol. The Morgan fingerprint density at radius 3 is 2.22 bits per heavy atom. The molecule has 0 bridgehead atoms. The van der Waals surface area contributed by atoms with Gasteiger partial charge in [0.1, 0.15) is 11.5 Å². The number of benzene rings is 1. The molecule has 128 valence electrons. The van der Waals surface area contributed by atoms with E-state index in [2.05, 4.69) is 0 Å². The van der Waals surface area contributed by atoms with Crippen LogP contribution in [-0.2, 0) is 14.3 Å². The van der Waals surface area contributed by atoms with Gasteiger partial charge >= 0.3 is 11.9 Å². The fourth-order valence-electron chi connectivity index (χ4n) is 2.16. The van der Waals surface area contributed by atoms with Crippen LogP contribution in [0.4, 0.5) is 0 Å². The number of carbonyl (C=O) groups is 2. The molecule has 0 saturated heterocycles. The van der Waals surface area contributed by atoms with E-state index in [1.54, 1.807) is 38.1 Å². The van der Waals surface area contributed by atoms with Gasteiger partial charge in [-0.1, -0.05) is 33.8 Å². The zero-order chi connectivity index (χ0) is 17.5. The molecule has 0 heterocycles. The van der Waals surface area contributed by atoms with Crippen LogP contribution in [0.25, 0.3) is 0 Å². The molecule has 0 amide bonds. The fourth-order valence-corrected chi connectivity index (χ4v) is 2.16. The minimum absolute atomic E-state index is 0.208. The van der Waals surface area contributed by atoms with Gasteiger partial charge in [0.05, 0.1) is 13.7 Å². The van der Waals surface area contributed by atoms with Crippen LogP contribution in [0, 0.1) is 11.3 Å². The van der Waals surface area contributed by atoms with Gasteiger partial charge in [0.2, 0.25) is 0 Å². The zero-order valence-electron chi connectivity index (χ0n) is 14.5. The second kappa shape index (κ2) is 8.56. The summed E-state index contributed by atoms with van der Waals surface area (Å²) in [6, 6.07) is 6.72. The van der Waals surface area contributed by atoms with Gasteiger partial charge in [-0.05, 0) is 30.9 Å². The van der Waals surface area contributed by atoms with E-state index in [1.165, 1.54) is 7.11 Å².